The van der Waals surface area contributed by atoms with E-state index in [4.69, 9.17) is 0 Å². The molecule has 27 heavy (non-hydrogen) atoms. The second-order valence-electron chi connectivity index (χ2n) is 8.84. The molecule has 0 spiro atoms. The first-order valence-electron chi connectivity index (χ1n) is 10.9. The quantitative estimate of drug-likeness (QED) is 0.772. The van der Waals surface area contributed by atoms with Gasteiger partial charge in [-0.2, -0.15) is 11.8 Å². The number of carbonyl (C=O) groups is 1. The molecule has 3 nitrogen and oxygen atoms in total. The number of benzene rings is 1. The van der Waals surface area contributed by atoms with Crippen LogP contribution in [0.15, 0.2) is 18.2 Å². The maximum Gasteiger partial charge on any atom is 0.230 e. The van der Waals surface area contributed by atoms with Crippen molar-refractivity contribution in [3.63, 3.8) is 0 Å². The highest BCUT2D eigenvalue weighted by Gasteiger charge is 2.33. The van der Waals surface area contributed by atoms with Crippen molar-refractivity contribution >= 4 is 17.7 Å². The van der Waals surface area contributed by atoms with Gasteiger partial charge in [0.15, 0.2) is 0 Å². The van der Waals surface area contributed by atoms with Gasteiger partial charge < -0.3 is 9.80 Å². The van der Waals surface area contributed by atoms with Gasteiger partial charge in [-0.25, -0.2) is 0 Å². The summed E-state index contributed by atoms with van der Waals surface area (Å²) < 4.78 is 0. The average molecular weight is 387 g/mol. The van der Waals surface area contributed by atoms with E-state index in [1.807, 2.05) is 0 Å². The molecule has 2 saturated heterocycles. The minimum absolute atomic E-state index is 0.0884. The van der Waals surface area contributed by atoms with Crippen LogP contribution in [0, 0.1) is 0 Å². The van der Waals surface area contributed by atoms with Crippen LogP contribution in [0.2, 0.25) is 0 Å². The van der Waals surface area contributed by atoms with E-state index in [9.17, 15) is 4.79 Å². The summed E-state index contributed by atoms with van der Waals surface area (Å²) in [4.78, 5) is 18.2. The van der Waals surface area contributed by atoms with Crippen LogP contribution in [-0.2, 0) is 11.2 Å². The number of carbonyl (C=O) groups excluding carboxylic acids is 1. The van der Waals surface area contributed by atoms with E-state index in [0.717, 1.165) is 44.6 Å². The molecule has 148 valence electrons. The Labute approximate surface area is 168 Å². The molecule has 3 aliphatic rings. The van der Waals surface area contributed by atoms with Crippen molar-refractivity contribution in [1.82, 2.24) is 9.80 Å². The minimum atomic E-state index is 0.0884. The molecule has 1 aliphatic carbocycles. The van der Waals surface area contributed by atoms with Crippen molar-refractivity contribution in [2.24, 2.45) is 0 Å². The SMILES string of the molecule is CC(C)c1ccc2c(c1)CCCC2C(=O)N1CCSC(CN2CCCC2)C1. The monoisotopic (exact) mass is 386 g/mol. The fraction of sp³-hybridized carbons (Fsp3) is 0.696. The van der Waals surface area contributed by atoms with E-state index in [1.54, 1.807) is 0 Å². The van der Waals surface area contributed by atoms with Gasteiger partial charge in [-0.3, -0.25) is 4.79 Å². The van der Waals surface area contributed by atoms with Crippen LogP contribution in [-0.4, -0.2) is 59.4 Å². The Kier molecular flexibility index (Phi) is 6.13. The summed E-state index contributed by atoms with van der Waals surface area (Å²) in [7, 11) is 0. The third-order valence-corrected chi connectivity index (χ3v) is 7.74. The normalized spacial score (nSPS) is 26.4. The number of amides is 1. The average Bonchev–Trinajstić information content (AvgIpc) is 3.19. The predicted octanol–water partition coefficient (Wildman–Crippen LogP) is 4.27. The lowest BCUT2D eigenvalue weighted by atomic mass is 9.80. The zero-order valence-electron chi connectivity index (χ0n) is 17.0. The van der Waals surface area contributed by atoms with Crippen LogP contribution in [0.4, 0.5) is 0 Å². The number of fused-ring (bicyclic) bond motifs is 1. The van der Waals surface area contributed by atoms with Gasteiger partial charge in [-0.05, 0) is 67.8 Å². The van der Waals surface area contributed by atoms with Gasteiger partial charge in [0.2, 0.25) is 5.91 Å². The topological polar surface area (TPSA) is 23.6 Å². The Morgan fingerprint density at radius 3 is 2.78 bits per heavy atom. The van der Waals surface area contributed by atoms with Crippen molar-refractivity contribution in [3.05, 3.63) is 34.9 Å². The molecule has 2 atom stereocenters. The minimum Gasteiger partial charge on any atom is -0.340 e. The van der Waals surface area contributed by atoms with Gasteiger partial charge in [0, 0.05) is 30.6 Å². The van der Waals surface area contributed by atoms with E-state index in [0.29, 0.717) is 17.1 Å². The maximum atomic E-state index is 13.4. The predicted molar refractivity (Wildman–Crippen MR) is 115 cm³/mol. The first kappa shape index (κ1) is 19.3. The van der Waals surface area contributed by atoms with E-state index >= 15 is 0 Å². The summed E-state index contributed by atoms with van der Waals surface area (Å²) in [6.07, 6.45) is 5.99. The third kappa shape index (κ3) is 4.37. The molecule has 0 N–H and O–H groups in total. The van der Waals surface area contributed by atoms with Gasteiger partial charge in [-0.1, -0.05) is 32.0 Å². The Morgan fingerprint density at radius 2 is 2.00 bits per heavy atom. The number of hydrogen-bond acceptors (Lipinski definition) is 3. The van der Waals surface area contributed by atoms with Gasteiger partial charge in [0.25, 0.3) is 0 Å². The largest absolute Gasteiger partial charge is 0.340 e. The molecule has 2 heterocycles. The third-order valence-electron chi connectivity index (χ3n) is 6.56. The molecule has 0 radical (unpaired) electrons. The van der Waals surface area contributed by atoms with Crippen molar-refractivity contribution in [3.8, 4) is 0 Å². The van der Waals surface area contributed by atoms with Gasteiger partial charge in [0.1, 0.15) is 0 Å². The van der Waals surface area contributed by atoms with E-state index in [-0.39, 0.29) is 5.92 Å². The first-order chi connectivity index (χ1) is 13.1. The van der Waals surface area contributed by atoms with Crippen LogP contribution >= 0.6 is 11.8 Å². The van der Waals surface area contributed by atoms with Crippen LogP contribution < -0.4 is 0 Å². The molecular weight excluding hydrogens is 352 g/mol. The number of hydrogen-bond donors (Lipinski definition) is 0. The molecule has 0 saturated carbocycles. The highest BCUT2D eigenvalue weighted by molar-refractivity contribution is 8.00. The lowest BCUT2D eigenvalue weighted by molar-refractivity contribution is -0.133. The first-order valence-corrected chi connectivity index (χ1v) is 11.9. The number of nitrogens with zero attached hydrogens (tertiary/aromatic N) is 2. The molecule has 4 heteroatoms. The molecule has 1 aromatic carbocycles. The molecule has 1 amide bonds. The van der Waals surface area contributed by atoms with Crippen molar-refractivity contribution < 1.29 is 4.79 Å². The van der Waals surface area contributed by atoms with Gasteiger partial charge >= 0.3 is 0 Å². The van der Waals surface area contributed by atoms with Crippen LogP contribution in [0.1, 0.15) is 68.1 Å². The lowest BCUT2D eigenvalue weighted by Gasteiger charge is -2.37. The van der Waals surface area contributed by atoms with Crippen LogP contribution in [0.5, 0.6) is 0 Å². The van der Waals surface area contributed by atoms with Crippen LogP contribution in [0.3, 0.4) is 0 Å². The maximum absolute atomic E-state index is 13.4. The zero-order chi connectivity index (χ0) is 18.8. The summed E-state index contributed by atoms with van der Waals surface area (Å²) in [6, 6.07) is 6.87. The highest BCUT2D eigenvalue weighted by atomic mass is 32.2. The van der Waals surface area contributed by atoms with Crippen LogP contribution in [0.25, 0.3) is 0 Å². The molecule has 0 bridgehead atoms. The van der Waals surface area contributed by atoms with Crippen molar-refractivity contribution in [2.45, 2.75) is 63.0 Å². The standard InChI is InChI=1S/C23H34N2OS/c1-17(2)18-8-9-21-19(14-18)6-5-7-22(21)23(26)25-12-13-27-20(16-25)15-24-10-3-4-11-24/h8-9,14,17,20,22H,3-7,10-13,15-16H2,1-2H3. The fourth-order valence-corrected chi connectivity index (χ4v) is 6.21. The Morgan fingerprint density at radius 1 is 1.19 bits per heavy atom. The second kappa shape index (κ2) is 8.57. The summed E-state index contributed by atoms with van der Waals surface area (Å²) in [5.41, 5.74) is 4.14. The molecule has 2 fully saturated rings. The number of thioether (sulfide) groups is 1. The highest BCUT2D eigenvalue weighted by Crippen LogP contribution is 2.35. The lowest BCUT2D eigenvalue weighted by Crippen LogP contribution is -2.47. The van der Waals surface area contributed by atoms with Crippen molar-refractivity contribution in [2.75, 3.05) is 38.5 Å². The smallest absolute Gasteiger partial charge is 0.230 e. The molecule has 4 rings (SSSR count). The van der Waals surface area contributed by atoms with E-state index in [2.05, 4.69) is 53.6 Å². The van der Waals surface area contributed by atoms with Gasteiger partial charge in [0.05, 0.1) is 5.92 Å². The van der Waals surface area contributed by atoms with E-state index < -0.39 is 0 Å². The molecule has 2 aliphatic heterocycles. The Bertz CT molecular complexity index is 668. The van der Waals surface area contributed by atoms with Crippen molar-refractivity contribution in [1.29, 1.82) is 0 Å². The summed E-state index contributed by atoms with van der Waals surface area (Å²) in [5.74, 6) is 2.12. The Balaban J connectivity index is 1.45. The summed E-state index contributed by atoms with van der Waals surface area (Å²) in [5, 5.41) is 0.590. The molecular formula is C23H34N2OS. The Hall–Kier alpha value is -1.00. The zero-order valence-corrected chi connectivity index (χ0v) is 17.8. The van der Waals surface area contributed by atoms with E-state index in [1.165, 1.54) is 42.6 Å². The fourth-order valence-electron chi connectivity index (χ4n) is 4.95. The summed E-state index contributed by atoms with van der Waals surface area (Å²) in [6.45, 7) is 10.0. The molecule has 1 aromatic rings. The summed E-state index contributed by atoms with van der Waals surface area (Å²) >= 11 is 2.07. The molecule has 2 unspecified atom stereocenters. The van der Waals surface area contributed by atoms with Gasteiger partial charge in [-0.15, -0.1) is 0 Å². The number of rotatable bonds is 4. The molecule has 0 aromatic heterocycles. The number of likely N-dealkylation sites (tertiary alicyclic amines) is 1. The number of aryl methyl sites for hydroxylation is 1. The second-order valence-corrected chi connectivity index (χ2v) is 10.3.